The molecule has 1 heteroatoms. The molecule has 1 aliphatic heterocycles. The number of hydrogen-bond acceptors (Lipinski definition) is 1. The summed E-state index contributed by atoms with van der Waals surface area (Å²) in [5, 5.41) is 3.45. The second kappa shape index (κ2) is 3.41. The molecule has 0 fully saturated rings. The lowest BCUT2D eigenvalue weighted by Crippen LogP contribution is -1.99. The predicted molar refractivity (Wildman–Crippen MR) is 57.3 cm³/mol. The quantitative estimate of drug-likeness (QED) is 0.728. The average Bonchev–Trinajstić information content (AvgIpc) is 2.59. The van der Waals surface area contributed by atoms with E-state index in [0.29, 0.717) is 0 Å². The first kappa shape index (κ1) is 8.61. The molecule has 1 aliphatic rings. The van der Waals surface area contributed by atoms with Gasteiger partial charge in [-0.2, -0.15) is 0 Å². The molecule has 2 rings (SSSR count). The molecule has 0 aromatic heterocycles. The first-order valence-electron chi connectivity index (χ1n) is 5.21. The van der Waals surface area contributed by atoms with E-state index in [2.05, 4.69) is 37.4 Å². The molecule has 13 heavy (non-hydrogen) atoms. The van der Waals surface area contributed by atoms with Crippen molar-refractivity contribution in [3.63, 3.8) is 0 Å². The van der Waals surface area contributed by atoms with Gasteiger partial charge in [-0.25, -0.2) is 0 Å². The van der Waals surface area contributed by atoms with Gasteiger partial charge in [-0.1, -0.05) is 26.0 Å². The fraction of sp³-hybridized carbons (Fsp3) is 0.500. The molecule has 0 radical (unpaired) electrons. The summed E-state index contributed by atoms with van der Waals surface area (Å²) in [5.74, 6) is 0.737. The van der Waals surface area contributed by atoms with Gasteiger partial charge in [0.1, 0.15) is 0 Å². The topological polar surface area (TPSA) is 12.0 Å². The molecule has 1 nitrogen and oxygen atoms in total. The van der Waals surface area contributed by atoms with Crippen molar-refractivity contribution in [1.82, 2.24) is 0 Å². The van der Waals surface area contributed by atoms with Crippen molar-refractivity contribution in [3.05, 3.63) is 29.3 Å². The molecule has 1 atom stereocenters. The Hall–Kier alpha value is -0.980. The highest BCUT2D eigenvalue weighted by Gasteiger charge is 2.19. The number of benzene rings is 1. The van der Waals surface area contributed by atoms with E-state index in [9.17, 15) is 0 Å². The van der Waals surface area contributed by atoms with E-state index in [4.69, 9.17) is 0 Å². The molecule has 0 saturated heterocycles. The third kappa shape index (κ3) is 1.43. The van der Waals surface area contributed by atoms with Crippen LogP contribution in [-0.4, -0.2) is 6.54 Å². The summed E-state index contributed by atoms with van der Waals surface area (Å²) in [7, 11) is 0. The van der Waals surface area contributed by atoms with Gasteiger partial charge >= 0.3 is 0 Å². The SMILES string of the molecule is CCc1ccc2c(c1)C(CC)CN2. The molecule has 1 N–H and O–H groups in total. The highest BCUT2D eigenvalue weighted by atomic mass is 14.9. The van der Waals surface area contributed by atoms with Gasteiger partial charge in [0.25, 0.3) is 0 Å². The van der Waals surface area contributed by atoms with Crippen molar-refractivity contribution >= 4 is 5.69 Å². The van der Waals surface area contributed by atoms with Gasteiger partial charge in [0, 0.05) is 18.2 Å². The zero-order chi connectivity index (χ0) is 9.26. The summed E-state index contributed by atoms with van der Waals surface area (Å²) in [6, 6.07) is 6.82. The molecular weight excluding hydrogens is 158 g/mol. The van der Waals surface area contributed by atoms with E-state index < -0.39 is 0 Å². The highest BCUT2D eigenvalue weighted by Crippen LogP contribution is 2.33. The van der Waals surface area contributed by atoms with Crippen molar-refractivity contribution < 1.29 is 0 Å². The van der Waals surface area contributed by atoms with E-state index >= 15 is 0 Å². The molecule has 0 amide bonds. The number of aryl methyl sites for hydroxylation is 1. The lowest BCUT2D eigenvalue weighted by Gasteiger charge is -2.07. The maximum Gasteiger partial charge on any atom is 0.0376 e. The van der Waals surface area contributed by atoms with Crippen LogP contribution in [0, 0.1) is 0 Å². The van der Waals surface area contributed by atoms with Crippen LogP contribution in [0.4, 0.5) is 5.69 Å². The van der Waals surface area contributed by atoms with E-state index in [-0.39, 0.29) is 0 Å². The Morgan fingerprint density at radius 1 is 1.38 bits per heavy atom. The number of nitrogens with one attached hydrogen (secondary N) is 1. The minimum atomic E-state index is 0.737. The maximum atomic E-state index is 3.45. The number of hydrogen-bond donors (Lipinski definition) is 1. The Labute approximate surface area is 80.2 Å². The fourth-order valence-electron chi connectivity index (χ4n) is 2.04. The normalized spacial score (nSPS) is 19.7. The Kier molecular flexibility index (Phi) is 2.26. The average molecular weight is 175 g/mol. The van der Waals surface area contributed by atoms with Crippen LogP contribution in [0.1, 0.15) is 37.3 Å². The van der Waals surface area contributed by atoms with Crippen molar-refractivity contribution in [3.8, 4) is 0 Å². The lowest BCUT2D eigenvalue weighted by molar-refractivity contribution is 0.726. The van der Waals surface area contributed by atoms with Gasteiger partial charge in [0.05, 0.1) is 0 Å². The van der Waals surface area contributed by atoms with Crippen LogP contribution in [0.2, 0.25) is 0 Å². The Balaban J connectivity index is 2.37. The monoisotopic (exact) mass is 175 g/mol. The highest BCUT2D eigenvalue weighted by molar-refractivity contribution is 5.58. The van der Waals surface area contributed by atoms with Gasteiger partial charge < -0.3 is 5.32 Å². The largest absolute Gasteiger partial charge is 0.384 e. The summed E-state index contributed by atoms with van der Waals surface area (Å²) in [6.45, 7) is 5.60. The summed E-state index contributed by atoms with van der Waals surface area (Å²) in [6.07, 6.45) is 2.39. The zero-order valence-electron chi connectivity index (χ0n) is 8.43. The number of anilines is 1. The zero-order valence-corrected chi connectivity index (χ0v) is 8.43. The first-order valence-corrected chi connectivity index (χ1v) is 5.21. The third-order valence-electron chi connectivity index (χ3n) is 3.00. The molecule has 0 aliphatic carbocycles. The van der Waals surface area contributed by atoms with E-state index in [0.717, 1.165) is 18.9 Å². The number of fused-ring (bicyclic) bond motifs is 1. The molecular formula is C12H17N. The van der Waals surface area contributed by atoms with Crippen LogP contribution in [0.25, 0.3) is 0 Å². The number of rotatable bonds is 2. The van der Waals surface area contributed by atoms with Crippen LogP contribution < -0.4 is 5.32 Å². The molecule has 0 bridgehead atoms. The molecule has 0 spiro atoms. The van der Waals surface area contributed by atoms with E-state index in [1.807, 2.05) is 0 Å². The maximum absolute atomic E-state index is 3.45. The van der Waals surface area contributed by atoms with Gasteiger partial charge in [-0.15, -0.1) is 0 Å². The molecule has 0 saturated carbocycles. The van der Waals surface area contributed by atoms with Crippen LogP contribution in [0.3, 0.4) is 0 Å². The minimum Gasteiger partial charge on any atom is -0.384 e. The summed E-state index contributed by atoms with van der Waals surface area (Å²) >= 11 is 0. The summed E-state index contributed by atoms with van der Waals surface area (Å²) in [5.41, 5.74) is 4.34. The second-order valence-electron chi connectivity index (χ2n) is 3.76. The van der Waals surface area contributed by atoms with Crippen LogP contribution in [0.15, 0.2) is 18.2 Å². The van der Waals surface area contributed by atoms with Gasteiger partial charge in [0.15, 0.2) is 0 Å². The molecule has 1 aromatic carbocycles. The fourth-order valence-corrected chi connectivity index (χ4v) is 2.04. The lowest BCUT2D eigenvalue weighted by atomic mass is 9.96. The van der Waals surface area contributed by atoms with Crippen LogP contribution in [0.5, 0.6) is 0 Å². The van der Waals surface area contributed by atoms with Crippen molar-refractivity contribution in [2.75, 3.05) is 11.9 Å². The molecule has 1 heterocycles. The third-order valence-corrected chi connectivity index (χ3v) is 3.00. The van der Waals surface area contributed by atoms with Crippen molar-refractivity contribution in [1.29, 1.82) is 0 Å². The minimum absolute atomic E-state index is 0.737. The standard InChI is InChI=1S/C12H17N/c1-3-9-5-6-12-11(7-9)10(4-2)8-13-12/h5-7,10,13H,3-4,8H2,1-2H3. The van der Waals surface area contributed by atoms with Gasteiger partial charge in [-0.3, -0.25) is 0 Å². The van der Waals surface area contributed by atoms with E-state index in [1.165, 1.54) is 23.2 Å². The first-order chi connectivity index (χ1) is 6.35. The van der Waals surface area contributed by atoms with Gasteiger partial charge in [0.2, 0.25) is 0 Å². The summed E-state index contributed by atoms with van der Waals surface area (Å²) in [4.78, 5) is 0. The Morgan fingerprint density at radius 3 is 2.92 bits per heavy atom. The van der Waals surface area contributed by atoms with Crippen LogP contribution >= 0.6 is 0 Å². The summed E-state index contributed by atoms with van der Waals surface area (Å²) < 4.78 is 0. The Bertz CT molecular complexity index is 304. The van der Waals surface area contributed by atoms with Crippen LogP contribution in [-0.2, 0) is 6.42 Å². The van der Waals surface area contributed by atoms with Gasteiger partial charge in [-0.05, 0) is 30.0 Å². The van der Waals surface area contributed by atoms with Crippen molar-refractivity contribution in [2.45, 2.75) is 32.6 Å². The predicted octanol–water partition coefficient (Wildman–Crippen LogP) is 3.17. The Morgan fingerprint density at radius 2 is 2.23 bits per heavy atom. The molecule has 1 aromatic rings. The van der Waals surface area contributed by atoms with Crippen molar-refractivity contribution in [2.24, 2.45) is 0 Å². The van der Waals surface area contributed by atoms with E-state index in [1.54, 1.807) is 0 Å². The smallest absolute Gasteiger partial charge is 0.0376 e. The molecule has 70 valence electrons. The molecule has 1 unspecified atom stereocenters. The second-order valence-corrected chi connectivity index (χ2v) is 3.76.